The number of carbonyl (C=O) groups excluding carboxylic acids is 1. The highest BCUT2D eigenvalue weighted by Crippen LogP contribution is 2.28. The van der Waals surface area contributed by atoms with E-state index < -0.39 is 23.7 Å². The smallest absolute Gasteiger partial charge is 0.326 e. The van der Waals surface area contributed by atoms with Crippen molar-refractivity contribution in [3.05, 3.63) is 95.8 Å². The third kappa shape index (κ3) is 3.80. The van der Waals surface area contributed by atoms with Crippen LogP contribution in [0.3, 0.4) is 0 Å². The highest BCUT2D eigenvalue weighted by Gasteiger charge is 2.23. The molecule has 0 radical (unpaired) electrons. The SMILES string of the molecule is O=C(N[C@H](Cc1cccc(F)c1)C(=O)O)c1c2ccccc2cc2ccccc12. The summed E-state index contributed by atoms with van der Waals surface area (Å²) in [7, 11) is 0. The Kier molecular flexibility index (Phi) is 4.96. The number of fused-ring (bicyclic) bond motifs is 2. The standard InChI is InChI=1S/C24H18FNO3/c25-18-9-5-6-15(12-18)13-21(24(28)29)26-23(27)22-19-10-3-1-7-16(19)14-17-8-2-4-11-20(17)22/h1-12,14,21H,13H2,(H,26,27)(H,28,29)/t21-/m1/s1. The zero-order valence-corrected chi connectivity index (χ0v) is 15.4. The van der Waals surface area contributed by atoms with E-state index >= 15 is 0 Å². The molecule has 0 aliphatic heterocycles. The average molecular weight is 387 g/mol. The average Bonchev–Trinajstić information content (AvgIpc) is 2.71. The second-order valence-electron chi connectivity index (χ2n) is 6.89. The molecule has 0 spiro atoms. The molecule has 0 bridgehead atoms. The summed E-state index contributed by atoms with van der Waals surface area (Å²) >= 11 is 0. The zero-order chi connectivity index (χ0) is 20.4. The minimum absolute atomic E-state index is 0.0124. The molecule has 1 atom stereocenters. The molecule has 4 rings (SSSR count). The van der Waals surface area contributed by atoms with Crippen LogP contribution < -0.4 is 5.32 Å². The highest BCUT2D eigenvalue weighted by atomic mass is 19.1. The number of carboxylic acids is 1. The number of benzene rings is 4. The Morgan fingerprint density at radius 2 is 1.48 bits per heavy atom. The lowest BCUT2D eigenvalue weighted by Gasteiger charge is -2.17. The maximum absolute atomic E-state index is 13.5. The van der Waals surface area contributed by atoms with E-state index in [-0.39, 0.29) is 6.42 Å². The molecule has 0 unspecified atom stereocenters. The number of halogens is 1. The van der Waals surface area contributed by atoms with Crippen LogP contribution in [0.2, 0.25) is 0 Å². The van der Waals surface area contributed by atoms with E-state index in [2.05, 4.69) is 5.32 Å². The fourth-order valence-corrected chi connectivity index (χ4v) is 3.59. The van der Waals surface area contributed by atoms with Crippen molar-refractivity contribution in [2.24, 2.45) is 0 Å². The van der Waals surface area contributed by atoms with Crippen molar-refractivity contribution in [3.63, 3.8) is 0 Å². The van der Waals surface area contributed by atoms with Crippen LogP contribution >= 0.6 is 0 Å². The minimum atomic E-state index is -1.18. The van der Waals surface area contributed by atoms with Gasteiger partial charge in [-0.1, -0.05) is 60.7 Å². The first-order valence-electron chi connectivity index (χ1n) is 9.21. The summed E-state index contributed by atoms with van der Waals surface area (Å²) in [5, 5.41) is 15.5. The molecule has 0 saturated heterocycles. The summed E-state index contributed by atoms with van der Waals surface area (Å²) < 4.78 is 13.5. The first kappa shape index (κ1) is 18.6. The molecular formula is C24H18FNO3. The first-order valence-corrected chi connectivity index (χ1v) is 9.21. The Bertz CT molecular complexity index is 1180. The van der Waals surface area contributed by atoms with Gasteiger partial charge in [-0.15, -0.1) is 0 Å². The van der Waals surface area contributed by atoms with Crippen LogP contribution in [0.25, 0.3) is 21.5 Å². The van der Waals surface area contributed by atoms with Crippen molar-refractivity contribution in [2.45, 2.75) is 12.5 Å². The van der Waals surface area contributed by atoms with Crippen LogP contribution in [0.15, 0.2) is 78.9 Å². The number of amides is 1. The Morgan fingerprint density at radius 1 is 0.862 bits per heavy atom. The van der Waals surface area contributed by atoms with Crippen LogP contribution in [0.5, 0.6) is 0 Å². The predicted octanol–water partition coefficient (Wildman–Crippen LogP) is 4.56. The van der Waals surface area contributed by atoms with E-state index in [9.17, 15) is 19.1 Å². The lowest BCUT2D eigenvalue weighted by molar-refractivity contribution is -0.139. The third-order valence-electron chi connectivity index (χ3n) is 4.93. The molecule has 0 heterocycles. The minimum Gasteiger partial charge on any atom is -0.480 e. The summed E-state index contributed by atoms with van der Waals surface area (Å²) in [4.78, 5) is 25.0. The van der Waals surface area contributed by atoms with E-state index in [4.69, 9.17) is 0 Å². The predicted molar refractivity (Wildman–Crippen MR) is 110 cm³/mol. The van der Waals surface area contributed by atoms with Crippen molar-refractivity contribution < 1.29 is 19.1 Å². The molecule has 5 heteroatoms. The van der Waals surface area contributed by atoms with Crippen LogP contribution in [-0.4, -0.2) is 23.0 Å². The number of hydrogen-bond donors (Lipinski definition) is 2. The fourth-order valence-electron chi connectivity index (χ4n) is 3.59. The van der Waals surface area contributed by atoms with Gasteiger partial charge >= 0.3 is 5.97 Å². The monoisotopic (exact) mass is 387 g/mol. The van der Waals surface area contributed by atoms with E-state index in [1.165, 1.54) is 18.2 Å². The van der Waals surface area contributed by atoms with Gasteiger partial charge in [-0.25, -0.2) is 9.18 Å². The molecule has 0 aliphatic rings. The van der Waals surface area contributed by atoms with Gasteiger partial charge < -0.3 is 10.4 Å². The van der Waals surface area contributed by atoms with Gasteiger partial charge in [0.2, 0.25) is 0 Å². The zero-order valence-electron chi connectivity index (χ0n) is 15.4. The molecule has 4 aromatic carbocycles. The number of nitrogens with one attached hydrogen (secondary N) is 1. The molecule has 144 valence electrons. The van der Waals surface area contributed by atoms with Gasteiger partial charge in [0.25, 0.3) is 5.91 Å². The second-order valence-corrected chi connectivity index (χ2v) is 6.89. The molecule has 0 saturated carbocycles. The van der Waals surface area contributed by atoms with Crippen molar-refractivity contribution in [1.29, 1.82) is 0 Å². The molecular weight excluding hydrogens is 369 g/mol. The van der Waals surface area contributed by atoms with Gasteiger partial charge in [-0.05, 0) is 45.3 Å². The normalized spacial score (nSPS) is 12.0. The van der Waals surface area contributed by atoms with Gasteiger partial charge in [-0.2, -0.15) is 0 Å². The van der Waals surface area contributed by atoms with Crippen LogP contribution in [0.4, 0.5) is 4.39 Å². The van der Waals surface area contributed by atoms with Crippen molar-refractivity contribution >= 4 is 33.4 Å². The molecule has 4 aromatic rings. The van der Waals surface area contributed by atoms with Crippen molar-refractivity contribution in [3.8, 4) is 0 Å². The number of carbonyl (C=O) groups is 2. The molecule has 0 aliphatic carbocycles. The quantitative estimate of drug-likeness (QED) is 0.494. The van der Waals surface area contributed by atoms with Crippen LogP contribution in [-0.2, 0) is 11.2 Å². The highest BCUT2D eigenvalue weighted by molar-refractivity contribution is 6.18. The number of hydrogen-bond acceptors (Lipinski definition) is 2. The summed E-state index contributed by atoms with van der Waals surface area (Å²) in [6, 6.07) is 21.5. The maximum atomic E-state index is 13.5. The summed E-state index contributed by atoms with van der Waals surface area (Å²) in [6.07, 6.45) is -0.0124. The summed E-state index contributed by atoms with van der Waals surface area (Å²) in [5.74, 6) is -2.09. The molecule has 29 heavy (non-hydrogen) atoms. The summed E-state index contributed by atoms with van der Waals surface area (Å²) in [5.41, 5.74) is 0.935. The van der Waals surface area contributed by atoms with E-state index in [1.54, 1.807) is 6.07 Å². The Morgan fingerprint density at radius 3 is 2.07 bits per heavy atom. The number of rotatable bonds is 5. The topological polar surface area (TPSA) is 66.4 Å². The van der Waals surface area contributed by atoms with Gasteiger partial charge in [0.05, 0.1) is 5.56 Å². The van der Waals surface area contributed by atoms with Crippen LogP contribution in [0.1, 0.15) is 15.9 Å². The van der Waals surface area contributed by atoms with E-state index in [0.717, 1.165) is 21.5 Å². The van der Waals surface area contributed by atoms with Gasteiger partial charge in [0.15, 0.2) is 0 Å². The van der Waals surface area contributed by atoms with E-state index in [0.29, 0.717) is 11.1 Å². The van der Waals surface area contributed by atoms with E-state index in [1.807, 2.05) is 54.6 Å². The second kappa shape index (κ2) is 7.72. The molecule has 0 fully saturated rings. The lowest BCUT2D eigenvalue weighted by Crippen LogP contribution is -2.42. The Hall–Kier alpha value is -3.73. The van der Waals surface area contributed by atoms with Crippen molar-refractivity contribution in [2.75, 3.05) is 0 Å². The van der Waals surface area contributed by atoms with Crippen LogP contribution in [0, 0.1) is 5.82 Å². The first-order chi connectivity index (χ1) is 14.0. The fraction of sp³-hybridized carbons (Fsp3) is 0.0833. The lowest BCUT2D eigenvalue weighted by atomic mass is 9.96. The Labute approximate surface area is 166 Å². The van der Waals surface area contributed by atoms with Crippen molar-refractivity contribution in [1.82, 2.24) is 5.32 Å². The summed E-state index contributed by atoms with van der Waals surface area (Å²) in [6.45, 7) is 0. The maximum Gasteiger partial charge on any atom is 0.326 e. The van der Waals surface area contributed by atoms with Gasteiger partial charge in [0, 0.05) is 6.42 Å². The van der Waals surface area contributed by atoms with Gasteiger partial charge in [0.1, 0.15) is 11.9 Å². The third-order valence-corrected chi connectivity index (χ3v) is 4.93. The van der Waals surface area contributed by atoms with Gasteiger partial charge in [-0.3, -0.25) is 4.79 Å². The number of aliphatic carboxylic acids is 1. The molecule has 4 nitrogen and oxygen atoms in total. The molecule has 1 amide bonds. The number of carboxylic acid groups (broad SMARTS) is 1. The molecule has 0 aromatic heterocycles. The Balaban J connectivity index is 1.74. The largest absolute Gasteiger partial charge is 0.480 e. The molecule has 2 N–H and O–H groups in total.